The first-order valence-electron chi connectivity index (χ1n) is 15.1. The summed E-state index contributed by atoms with van der Waals surface area (Å²) in [5, 5.41) is 18.4. The van der Waals surface area contributed by atoms with Gasteiger partial charge in [0.05, 0.1) is 24.8 Å². The lowest BCUT2D eigenvalue weighted by atomic mass is 9.81. The van der Waals surface area contributed by atoms with Gasteiger partial charge in [0, 0.05) is 34.0 Å². The van der Waals surface area contributed by atoms with Gasteiger partial charge < -0.3 is 20.5 Å². The average molecular weight is 583 g/mol. The van der Waals surface area contributed by atoms with Crippen LogP contribution in [0.1, 0.15) is 54.7 Å². The molecule has 8 nitrogen and oxygen atoms in total. The SMILES string of the molecule is COc1ccc(Nc2nc(C3CCC(c4nc(Nc5ccc(CO)cc5)c5ccccc5n4)CC3)nc3ccccc23)cc1. The van der Waals surface area contributed by atoms with Gasteiger partial charge in [-0.15, -0.1) is 0 Å². The van der Waals surface area contributed by atoms with E-state index in [-0.39, 0.29) is 18.4 Å². The number of benzene rings is 4. The zero-order valence-corrected chi connectivity index (χ0v) is 24.6. The van der Waals surface area contributed by atoms with Crippen LogP contribution in [0.2, 0.25) is 0 Å². The Kier molecular flexibility index (Phi) is 7.73. The Labute approximate surface area is 256 Å². The fourth-order valence-corrected chi connectivity index (χ4v) is 6.00. The Bertz CT molecular complexity index is 1760. The van der Waals surface area contributed by atoms with E-state index in [4.69, 9.17) is 24.7 Å². The van der Waals surface area contributed by atoms with Gasteiger partial charge in [0.1, 0.15) is 29.0 Å². The van der Waals surface area contributed by atoms with Crippen LogP contribution >= 0.6 is 0 Å². The molecule has 4 aromatic carbocycles. The fourth-order valence-electron chi connectivity index (χ4n) is 6.00. The van der Waals surface area contributed by atoms with Crippen molar-refractivity contribution in [2.75, 3.05) is 17.7 Å². The van der Waals surface area contributed by atoms with Crippen LogP contribution in [-0.2, 0) is 6.61 Å². The van der Waals surface area contributed by atoms with Crippen molar-refractivity contribution in [3.05, 3.63) is 114 Å². The van der Waals surface area contributed by atoms with Gasteiger partial charge in [0.2, 0.25) is 0 Å². The lowest BCUT2D eigenvalue weighted by molar-refractivity contribution is 0.282. The number of para-hydroxylation sites is 2. The van der Waals surface area contributed by atoms with Crippen molar-refractivity contribution >= 4 is 44.8 Å². The average Bonchev–Trinajstić information content (AvgIpc) is 3.09. The van der Waals surface area contributed by atoms with E-state index >= 15 is 0 Å². The van der Waals surface area contributed by atoms with E-state index in [2.05, 4.69) is 28.8 Å². The summed E-state index contributed by atoms with van der Waals surface area (Å²) in [6.45, 7) is 0.0221. The van der Waals surface area contributed by atoms with Gasteiger partial charge in [-0.05, 0) is 91.9 Å². The second kappa shape index (κ2) is 12.3. The zero-order chi connectivity index (χ0) is 29.9. The van der Waals surface area contributed by atoms with Gasteiger partial charge in [-0.1, -0.05) is 36.4 Å². The molecule has 0 unspecified atom stereocenters. The summed E-state index contributed by atoms with van der Waals surface area (Å²) in [6.07, 6.45) is 3.86. The van der Waals surface area contributed by atoms with Crippen LogP contribution in [0, 0.1) is 0 Å². The second-order valence-corrected chi connectivity index (χ2v) is 11.3. The second-order valence-electron chi connectivity index (χ2n) is 11.3. The Morgan fingerprint density at radius 1 is 0.614 bits per heavy atom. The highest BCUT2D eigenvalue weighted by atomic mass is 16.5. The first-order valence-corrected chi connectivity index (χ1v) is 15.1. The lowest BCUT2D eigenvalue weighted by Gasteiger charge is -2.27. The number of hydrogen-bond acceptors (Lipinski definition) is 8. The lowest BCUT2D eigenvalue weighted by Crippen LogP contribution is -2.17. The van der Waals surface area contributed by atoms with Crippen molar-refractivity contribution in [1.29, 1.82) is 0 Å². The third-order valence-corrected chi connectivity index (χ3v) is 8.45. The van der Waals surface area contributed by atoms with Crippen molar-refractivity contribution in [2.24, 2.45) is 0 Å². The molecule has 44 heavy (non-hydrogen) atoms. The monoisotopic (exact) mass is 582 g/mol. The summed E-state index contributed by atoms with van der Waals surface area (Å²) in [5.74, 6) is 4.70. The molecule has 8 heteroatoms. The Morgan fingerprint density at radius 2 is 1.07 bits per heavy atom. The summed E-state index contributed by atoms with van der Waals surface area (Å²) in [5.41, 5.74) is 4.62. The number of aliphatic hydroxyl groups excluding tert-OH is 1. The van der Waals surface area contributed by atoms with Gasteiger partial charge in [-0.2, -0.15) is 0 Å². The third-order valence-electron chi connectivity index (χ3n) is 8.45. The van der Waals surface area contributed by atoms with Crippen molar-refractivity contribution in [3.8, 4) is 5.75 Å². The molecule has 7 rings (SSSR count). The van der Waals surface area contributed by atoms with Crippen LogP contribution in [-0.4, -0.2) is 32.2 Å². The van der Waals surface area contributed by atoms with Crippen LogP contribution in [0.5, 0.6) is 5.75 Å². The van der Waals surface area contributed by atoms with Crippen LogP contribution in [0.3, 0.4) is 0 Å². The number of fused-ring (bicyclic) bond motifs is 2. The number of hydrogen-bond donors (Lipinski definition) is 3. The molecule has 0 atom stereocenters. The Morgan fingerprint density at radius 3 is 1.52 bits per heavy atom. The first kappa shape index (κ1) is 27.7. The molecular formula is C36H34N6O2. The van der Waals surface area contributed by atoms with E-state index < -0.39 is 0 Å². The quantitative estimate of drug-likeness (QED) is 0.166. The molecule has 1 aliphatic carbocycles. The molecular weight excluding hydrogens is 548 g/mol. The number of rotatable bonds is 8. The Balaban J connectivity index is 1.12. The Hall–Kier alpha value is -5.08. The molecule has 0 spiro atoms. The molecule has 6 aromatic rings. The molecule has 220 valence electrons. The molecule has 2 aromatic heterocycles. The summed E-state index contributed by atoms with van der Waals surface area (Å²) in [6, 6.07) is 31.9. The van der Waals surface area contributed by atoms with E-state index in [1.54, 1.807) is 7.11 Å². The largest absolute Gasteiger partial charge is 0.497 e. The molecule has 3 N–H and O–H groups in total. The van der Waals surface area contributed by atoms with E-state index in [0.717, 1.165) is 93.5 Å². The van der Waals surface area contributed by atoms with Crippen molar-refractivity contribution in [3.63, 3.8) is 0 Å². The van der Waals surface area contributed by atoms with Crippen LogP contribution in [0.4, 0.5) is 23.0 Å². The summed E-state index contributed by atoms with van der Waals surface area (Å²) in [7, 11) is 1.67. The zero-order valence-electron chi connectivity index (χ0n) is 24.6. The van der Waals surface area contributed by atoms with Crippen LogP contribution in [0.15, 0.2) is 97.1 Å². The molecule has 1 saturated carbocycles. The minimum atomic E-state index is 0.0221. The van der Waals surface area contributed by atoms with Crippen LogP contribution < -0.4 is 15.4 Å². The summed E-state index contributed by atoms with van der Waals surface area (Å²) >= 11 is 0. The normalized spacial score (nSPS) is 16.6. The van der Waals surface area contributed by atoms with Crippen molar-refractivity contribution in [2.45, 2.75) is 44.1 Å². The molecule has 2 heterocycles. The predicted octanol–water partition coefficient (Wildman–Crippen LogP) is 8.00. The number of anilines is 4. The summed E-state index contributed by atoms with van der Waals surface area (Å²) < 4.78 is 5.32. The van der Waals surface area contributed by atoms with Crippen molar-refractivity contribution in [1.82, 2.24) is 19.9 Å². The summed E-state index contributed by atoms with van der Waals surface area (Å²) in [4.78, 5) is 20.1. The smallest absolute Gasteiger partial charge is 0.142 e. The van der Waals surface area contributed by atoms with E-state index in [9.17, 15) is 5.11 Å². The van der Waals surface area contributed by atoms with Gasteiger partial charge in [0.25, 0.3) is 0 Å². The number of aromatic nitrogens is 4. The predicted molar refractivity (Wildman–Crippen MR) is 175 cm³/mol. The van der Waals surface area contributed by atoms with Gasteiger partial charge in [-0.3, -0.25) is 0 Å². The number of nitrogens with one attached hydrogen (secondary N) is 2. The molecule has 1 aliphatic rings. The highest BCUT2D eigenvalue weighted by Gasteiger charge is 2.28. The molecule has 0 amide bonds. The van der Waals surface area contributed by atoms with Gasteiger partial charge in [0.15, 0.2) is 0 Å². The van der Waals surface area contributed by atoms with Gasteiger partial charge in [-0.25, -0.2) is 19.9 Å². The molecule has 1 fully saturated rings. The topological polar surface area (TPSA) is 105 Å². The third kappa shape index (κ3) is 5.76. The minimum absolute atomic E-state index is 0.0221. The first-order chi connectivity index (χ1) is 21.7. The number of aliphatic hydroxyl groups is 1. The minimum Gasteiger partial charge on any atom is -0.497 e. The number of methoxy groups -OCH3 is 1. The van der Waals surface area contributed by atoms with Crippen molar-refractivity contribution < 1.29 is 9.84 Å². The van der Waals surface area contributed by atoms with E-state index in [1.165, 1.54) is 0 Å². The van der Waals surface area contributed by atoms with Crippen LogP contribution in [0.25, 0.3) is 21.8 Å². The maximum absolute atomic E-state index is 9.41. The fraction of sp³-hybridized carbons (Fsp3) is 0.222. The van der Waals surface area contributed by atoms with Gasteiger partial charge >= 0.3 is 0 Å². The highest BCUT2D eigenvalue weighted by Crippen LogP contribution is 2.40. The maximum atomic E-state index is 9.41. The molecule has 0 saturated heterocycles. The maximum Gasteiger partial charge on any atom is 0.142 e. The number of ether oxygens (including phenoxy) is 1. The van der Waals surface area contributed by atoms with E-state index in [1.807, 2.05) is 78.9 Å². The standard InChI is InChI=1S/C36H34N6O2/c1-44-28-20-18-27(19-21-28)38-36-30-7-3-5-9-32(30)40-34(42-36)25-14-12-24(13-15-25)33-39-31-8-4-2-6-29(31)35(41-33)37-26-16-10-23(22-43)11-17-26/h2-11,16-21,24-25,43H,12-15,22H2,1H3,(H,37,39,41)(H,38,40,42). The molecule has 0 aliphatic heterocycles. The molecule has 0 bridgehead atoms. The highest BCUT2D eigenvalue weighted by molar-refractivity contribution is 5.91. The van der Waals surface area contributed by atoms with E-state index in [0.29, 0.717) is 0 Å². The molecule has 0 radical (unpaired) electrons. The number of nitrogens with zero attached hydrogens (tertiary/aromatic N) is 4.